The van der Waals surface area contributed by atoms with Crippen LogP contribution in [-0.4, -0.2) is 54.6 Å². The molecule has 3 saturated heterocycles. The van der Waals surface area contributed by atoms with Crippen molar-refractivity contribution in [3.8, 4) is 0 Å². The maximum Gasteiger partial charge on any atom is 0.315 e. The van der Waals surface area contributed by atoms with Gasteiger partial charge >= 0.3 is 5.97 Å². The van der Waals surface area contributed by atoms with Crippen molar-refractivity contribution in [2.24, 2.45) is 23.2 Å². The van der Waals surface area contributed by atoms with Gasteiger partial charge in [0.25, 0.3) is 0 Å². The fraction of sp³-hybridized carbons (Fsp3) is 0.952. The highest BCUT2D eigenvalue weighted by Crippen LogP contribution is 2.70. The second-order valence-electron chi connectivity index (χ2n) is 10.0. The molecule has 2 saturated carbocycles. The molecule has 2 aliphatic carbocycles. The van der Waals surface area contributed by atoms with Gasteiger partial charge in [-0.3, -0.25) is 4.79 Å². The molecule has 3 heterocycles. The zero-order chi connectivity index (χ0) is 18.1. The van der Waals surface area contributed by atoms with Crippen LogP contribution >= 0.6 is 0 Å². The highest BCUT2D eigenvalue weighted by molar-refractivity contribution is 5.76. The first-order chi connectivity index (χ1) is 12.5. The number of nitrogens with one attached hydrogen (secondary N) is 1. The van der Waals surface area contributed by atoms with E-state index in [-0.39, 0.29) is 53.7 Å². The van der Waals surface area contributed by atoms with Crippen molar-refractivity contribution in [3.63, 3.8) is 0 Å². The van der Waals surface area contributed by atoms with Crippen molar-refractivity contribution in [3.05, 3.63) is 0 Å². The number of ether oxygens (including phenoxy) is 2. The average Bonchev–Trinajstić information content (AvgIpc) is 3.30. The van der Waals surface area contributed by atoms with Gasteiger partial charge in [-0.05, 0) is 38.0 Å². The zero-order valence-electron chi connectivity index (χ0n) is 16.2. The van der Waals surface area contributed by atoms with E-state index in [0.717, 1.165) is 25.9 Å². The molecule has 0 aromatic heterocycles. The van der Waals surface area contributed by atoms with E-state index in [0.29, 0.717) is 5.92 Å². The van der Waals surface area contributed by atoms with Crippen molar-refractivity contribution < 1.29 is 24.3 Å². The highest BCUT2D eigenvalue weighted by atomic mass is 16.6. The summed E-state index contributed by atoms with van der Waals surface area (Å²) >= 11 is 0. The Labute approximate surface area is 156 Å². The van der Waals surface area contributed by atoms with E-state index in [1.54, 1.807) is 0 Å². The number of quaternary nitrogens is 1. The van der Waals surface area contributed by atoms with Gasteiger partial charge < -0.3 is 19.5 Å². The number of epoxide rings is 1. The number of piperidine rings is 1. The van der Waals surface area contributed by atoms with Gasteiger partial charge in [-0.2, -0.15) is 0 Å². The predicted molar refractivity (Wildman–Crippen MR) is 95.6 cm³/mol. The Morgan fingerprint density at radius 2 is 2.12 bits per heavy atom. The monoisotopic (exact) mass is 364 g/mol. The molecule has 5 nitrogen and oxygen atoms in total. The van der Waals surface area contributed by atoms with Crippen LogP contribution in [0.25, 0.3) is 0 Å². The summed E-state index contributed by atoms with van der Waals surface area (Å²) < 4.78 is 12.5. The largest absolute Gasteiger partial charge is 0.462 e. The van der Waals surface area contributed by atoms with Gasteiger partial charge in [-0.1, -0.05) is 20.3 Å². The van der Waals surface area contributed by atoms with Crippen LogP contribution in [0.15, 0.2) is 0 Å². The van der Waals surface area contributed by atoms with E-state index in [1.807, 2.05) is 0 Å². The SMILES string of the molecule is C[C@H]1CCC[C@]2(C)C[C@H]3OC(=O)[C@H](C[NH+]4CCCC[C@@H]4CO)[C@H]3[C@@H]3O[C@@]132. The third kappa shape index (κ3) is 2.23. The van der Waals surface area contributed by atoms with E-state index in [2.05, 4.69) is 13.8 Å². The molecule has 26 heavy (non-hydrogen) atoms. The topological polar surface area (TPSA) is 63.5 Å². The van der Waals surface area contributed by atoms with Crippen molar-refractivity contribution in [1.29, 1.82) is 0 Å². The minimum absolute atomic E-state index is 0.00434. The number of esters is 1. The van der Waals surface area contributed by atoms with E-state index in [9.17, 15) is 9.90 Å². The van der Waals surface area contributed by atoms with Gasteiger partial charge in [-0.15, -0.1) is 0 Å². The Morgan fingerprint density at radius 1 is 1.27 bits per heavy atom. The molecule has 5 rings (SSSR count). The van der Waals surface area contributed by atoms with E-state index >= 15 is 0 Å². The number of hydrogen-bond acceptors (Lipinski definition) is 4. The Morgan fingerprint density at radius 3 is 2.92 bits per heavy atom. The van der Waals surface area contributed by atoms with Gasteiger partial charge in [0, 0.05) is 17.8 Å². The van der Waals surface area contributed by atoms with Gasteiger partial charge in [-0.25, -0.2) is 0 Å². The summed E-state index contributed by atoms with van der Waals surface area (Å²) in [6.07, 6.45) is 8.38. The quantitative estimate of drug-likeness (QED) is 0.578. The minimum Gasteiger partial charge on any atom is -0.462 e. The molecule has 0 aromatic carbocycles. The van der Waals surface area contributed by atoms with Crippen LogP contribution in [0, 0.1) is 23.2 Å². The van der Waals surface area contributed by atoms with Crippen LogP contribution in [-0.2, 0) is 14.3 Å². The third-order valence-corrected chi connectivity index (χ3v) is 8.77. The number of aliphatic hydroxyl groups excluding tert-OH is 1. The van der Waals surface area contributed by atoms with Crippen molar-refractivity contribution in [1.82, 2.24) is 0 Å². The summed E-state index contributed by atoms with van der Waals surface area (Å²) in [6.45, 7) is 6.83. The lowest BCUT2D eigenvalue weighted by atomic mass is 9.53. The summed E-state index contributed by atoms with van der Waals surface area (Å²) in [6, 6.07) is 0.284. The van der Waals surface area contributed by atoms with Gasteiger partial charge in [0.15, 0.2) is 0 Å². The number of rotatable bonds is 3. The first kappa shape index (κ1) is 17.4. The van der Waals surface area contributed by atoms with Crippen LogP contribution in [0.4, 0.5) is 0 Å². The van der Waals surface area contributed by atoms with Crippen LogP contribution < -0.4 is 4.90 Å². The lowest BCUT2D eigenvalue weighted by Gasteiger charge is -2.49. The number of hydrogen-bond donors (Lipinski definition) is 2. The predicted octanol–water partition coefficient (Wildman–Crippen LogP) is 0.942. The number of fused-ring (bicyclic) bond motifs is 2. The van der Waals surface area contributed by atoms with E-state index < -0.39 is 0 Å². The second-order valence-corrected chi connectivity index (χ2v) is 10.0. The molecule has 1 unspecified atom stereocenters. The third-order valence-electron chi connectivity index (χ3n) is 8.77. The molecule has 146 valence electrons. The molecule has 0 amide bonds. The number of carbonyl (C=O) groups is 1. The van der Waals surface area contributed by atoms with E-state index in [1.165, 1.54) is 37.0 Å². The number of likely N-dealkylation sites (tertiary alicyclic amines) is 1. The fourth-order valence-electron chi connectivity index (χ4n) is 7.39. The van der Waals surface area contributed by atoms with Crippen LogP contribution in [0.2, 0.25) is 0 Å². The smallest absolute Gasteiger partial charge is 0.315 e. The van der Waals surface area contributed by atoms with Gasteiger partial charge in [0.05, 0.1) is 25.8 Å². The maximum atomic E-state index is 12.8. The molecule has 0 bridgehead atoms. The summed E-state index contributed by atoms with van der Waals surface area (Å²) in [5.41, 5.74) is 0.156. The van der Waals surface area contributed by atoms with Crippen molar-refractivity contribution in [2.45, 2.75) is 82.6 Å². The maximum absolute atomic E-state index is 12.8. The standard InChI is InChI=1S/C21H33NO4/c1-13-6-5-8-20(2)10-16-17(18-21(13,20)26-18)15(19(24)25-16)11-22-9-4-3-7-14(22)12-23/h13-18,23H,3-12H2,1-2H3/p+1/t13-,14+,15+,16+,17+,18-,20+,21-/m0/s1. The van der Waals surface area contributed by atoms with Gasteiger partial charge in [0.2, 0.25) is 0 Å². The van der Waals surface area contributed by atoms with Crippen molar-refractivity contribution >= 4 is 5.97 Å². The molecule has 2 N–H and O–H groups in total. The Balaban J connectivity index is 1.39. The van der Waals surface area contributed by atoms with E-state index in [4.69, 9.17) is 9.47 Å². The lowest BCUT2D eigenvalue weighted by molar-refractivity contribution is -0.933. The van der Waals surface area contributed by atoms with Crippen LogP contribution in [0.1, 0.15) is 58.8 Å². The summed E-state index contributed by atoms with van der Waals surface area (Å²) in [5.74, 6) is 0.751. The number of aliphatic hydroxyl groups is 1. The average molecular weight is 365 g/mol. The molecule has 1 spiro atoms. The molecule has 3 aliphatic heterocycles. The molecule has 5 aliphatic rings. The normalized spacial score (nSPS) is 55.5. The van der Waals surface area contributed by atoms with Gasteiger partial charge in [0.1, 0.15) is 23.7 Å². The number of carbonyl (C=O) groups excluding carboxylic acids is 1. The molecule has 5 fully saturated rings. The first-order valence-corrected chi connectivity index (χ1v) is 10.8. The van der Waals surface area contributed by atoms with Crippen molar-refractivity contribution in [2.75, 3.05) is 19.7 Å². The summed E-state index contributed by atoms with van der Waals surface area (Å²) in [7, 11) is 0. The highest BCUT2D eigenvalue weighted by Gasteiger charge is 2.78. The summed E-state index contributed by atoms with van der Waals surface area (Å²) in [5, 5.41) is 9.75. The fourth-order valence-corrected chi connectivity index (χ4v) is 7.39. The van der Waals surface area contributed by atoms with Crippen LogP contribution in [0.3, 0.4) is 0 Å². The first-order valence-electron chi connectivity index (χ1n) is 10.8. The molecular formula is C21H34NO4+. The Kier molecular flexibility index (Phi) is 3.97. The molecule has 0 aromatic rings. The second kappa shape index (κ2) is 5.92. The summed E-state index contributed by atoms with van der Waals surface area (Å²) in [4.78, 5) is 14.2. The Bertz CT molecular complexity index is 597. The molecule has 5 heteroatoms. The zero-order valence-corrected chi connectivity index (χ0v) is 16.2. The molecule has 9 atom stereocenters. The van der Waals surface area contributed by atoms with Crippen LogP contribution in [0.5, 0.6) is 0 Å². The lowest BCUT2D eigenvalue weighted by Crippen LogP contribution is -3.18. The minimum atomic E-state index is -0.0507. The Hall–Kier alpha value is -0.650. The molecule has 0 radical (unpaired) electrons. The molecular weight excluding hydrogens is 330 g/mol.